The van der Waals surface area contributed by atoms with E-state index in [0.717, 1.165) is 13.1 Å². The van der Waals surface area contributed by atoms with Crippen LogP contribution in [0.1, 0.15) is 13.8 Å². The van der Waals surface area contributed by atoms with Crippen LogP contribution in [0.15, 0.2) is 0 Å². The molecule has 2 unspecified atom stereocenters. The van der Waals surface area contributed by atoms with Crippen LogP contribution in [-0.2, 0) is 9.53 Å². The van der Waals surface area contributed by atoms with Crippen molar-refractivity contribution >= 4 is 5.91 Å². The van der Waals surface area contributed by atoms with E-state index in [1.54, 1.807) is 4.90 Å². The highest BCUT2D eigenvalue weighted by molar-refractivity contribution is 5.82. The van der Waals surface area contributed by atoms with Crippen LogP contribution >= 0.6 is 0 Å². The number of piperazine rings is 1. The van der Waals surface area contributed by atoms with E-state index in [1.165, 1.54) is 0 Å². The summed E-state index contributed by atoms with van der Waals surface area (Å²) in [7, 11) is 0. The van der Waals surface area contributed by atoms with Crippen molar-refractivity contribution < 1.29 is 14.6 Å². The van der Waals surface area contributed by atoms with Gasteiger partial charge in [0, 0.05) is 32.7 Å². The Hall–Kier alpha value is -0.690. The van der Waals surface area contributed by atoms with Gasteiger partial charge in [0.05, 0.1) is 24.4 Å². The molecule has 2 fully saturated rings. The Balaban J connectivity index is 1.99. The summed E-state index contributed by atoms with van der Waals surface area (Å²) in [6, 6.07) is -0.160. The molecule has 0 spiro atoms. The molecule has 0 saturated carbocycles. The zero-order chi connectivity index (χ0) is 13.2. The molecule has 0 radical (unpaired) electrons. The maximum Gasteiger partial charge on any atom is 0.241 e. The molecule has 1 amide bonds. The van der Waals surface area contributed by atoms with E-state index in [0.29, 0.717) is 19.6 Å². The predicted octanol–water partition coefficient (Wildman–Crippen LogP) is -1.45. The minimum atomic E-state index is -0.399. The summed E-state index contributed by atoms with van der Waals surface area (Å²) in [5.74, 6) is 0.0945. The molecular weight excluding hydrogens is 234 g/mol. The van der Waals surface area contributed by atoms with Gasteiger partial charge in [0.15, 0.2) is 0 Å². The van der Waals surface area contributed by atoms with E-state index in [1.807, 2.05) is 13.8 Å². The summed E-state index contributed by atoms with van der Waals surface area (Å²) >= 11 is 0. The van der Waals surface area contributed by atoms with Crippen LogP contribution in [0, 0.1) is 0 Å². The zero-order valence-electron chi connectivity index (χ0n) is 11.1. The third-order valence-electron chi connectivity index (χ3n) is 3.34. The van der Waals surface area contributed by atoms with Crippen molar-refractivity contribution in [2.75, 3.05) is 39.3 Å². The van der Waals surface area contributed by atoms with Crippen molar-refractivity contribution in [2.24, 2.45) is 0 Å². The number of nitrogens with one attached hydrogen (secondary N) is 2. The zero-order valence-corrected chi connectivity index (χ0v) is 11.1. The molecule has 0 bridgehead atoms. The average Bonchev–Trinajstić information content (AvgIpc) is 2.37. The first-order valence-electron chi connectivity index (χ1n) is 6.53. The highest BCUT2D eigenvalue weighted by Crippen LogP contribution is 2.21. The van der Waals surface area contributed by atoms with Crippen LogP contribution in [0.3, 0.4) is 0 Å². The normalized spacial score (nSPS) is 32.3. The molecule has 0 aromatic carbocycles. The maximum absolute atomic E-state index is 12.4. The monoisotopic (exact) mass is 257 g/mol. The molecule has 2 heterocycles. The number of aliphatic hydroxyl groups is 1. The van der Waals surface area contributed by atoms with Gasteiger partial charge in [0.1, 0.15) is 0 Å². The Kier molecular flexibility index (Phi) is 4.21. The molecule has 18 heavy (non-hydrogen) atoms. The molecule has 2 aliphatic rings. The Morgan fingerprint density at radius 1 is 1.50 bits per heavy atom. The largest absolute Gasteiger partial charge is 0.394 e. The fourth-order valence-electron chi connectivity index (χ4n) is 2.61. The van der Waals surface area contributed by atoms with Gasteiger partial charge in [-0.1, -0.05) is 0 Å². The number of hydrogen-bond donors (Lipinski definition) is 3. The van der Waals surface area contributed by atoms with E-state index < -0.39 is 5.60 Å². The Morgan fingerprint density at radius 2 is 2.28 bits per heavy atom. The van der Waals surface area contributed by atoms with Crippen molar-refractivity contribution in [2.45, 2.75) is 31.6 Å². The second-order valence-corrected chi connectivity index (χ2v) is 5.61. The Morgan fingerprint density at radius 3 is 2.89 bits per heavy atom. The predicted molar refractivity (Wildman–Crippen MR) is 67.3 cm³/mol. The number of hydrogen-bond acceptors (Lipinski definition) is 5. The van der Waals surface area contributed by atoms with Gasteiger partial charge in [0.25, 0.3) is 0 Å². The minimum absolute atomic E-state index is 0.0520. The second-order valence-electron chi connectivity index (χ2n) is 5.61. The Labute approximate surface area is 108 Å². The number of ether oxygens (including phenoxy) is 1. The second kappa shape index (κ2) is 5.52. The van der Waals surface area contributed by atoms with Gasteiger partial charge in [-0.2, -0.15) is 0 Å². The molecule has 2 atom stereocenters. The molecule has 0 aromatic rings. The third kappa shape index (κ3) is 3.20. The fraction of sp³-hybridized carbons (Fsp3) is 0.917. The van der Waals surface area contributed by atoms with Crippen LogP contribution in [0.25, 0.3) is 0 Å². The quantitative estimate of drug-likeness (QED) is 0.564. The number of morpholine rings is 1. The van der Waals surface area contributed by atoms with Crippen molar-refractivity contribution in [1.82, 2.24) is 15.5 Å². The SMILES string of the molecule is CC1(C)CN(C(=O)C2CNCCN2)CC(CO)O1. The van der Waals surface area contributed by atoms with Crippen molar-refractivity contribution in [1.29, 1.82) is 0 Å². The lowest BCUT2D eigenvalue weighted by molar-refractivity contribution is -0.168. The maximum atomic E-state index is 12.4. The van der Waals surface area contributed by atoms with Gasteiger partial charge in [-0.05, 0) is 13.8 Å². The summed E-state index contributed by atoms with van der Waals surface area (Å²) in [6.07, 6.45) is -0.283. The van der Waals surface area contributed by atoms with Gasteiger partial charge in [-0.15, -0.1) is 0 Å². The average molecular weight is 257 g/mol. The summed E-state index contributed by atoms with van der Waals surface area (Å²) in [5, 5.41) is 15.7. The number of rotatable bonds is 2. The van der Waals surface area contributed by atoms with E-state index in [-0.39, 0.29) is 24.7 Å². The van der Waals surface area contributed by atoms with Crippen molar-refractivity contribution in [3.05, 3.63) is 0 Å². The van der Waals surface area contributed by atoms with Crippen molar-refractivity contribution in [3.63, 3.8) is 0 Å². The van der Waals surface area contributed by atoms with Gasteiger partial charge in [-0.3, -0.25) is 4.79 Å². The highest BCUT2D eigenvalue weighted by Gasteiger charge is 2.37. The van der Waals surface area contributed by atoms with Crippen LogP contribution in [0.4, 0.5) is 0 Å². The highest BCUT2D eigenvalue weighted by atomic mass is 16.5. The van der Waals surface area contributed by atoms with Crippen LogP contribution in [0.2, 0.25) is 0 Å². The number of carbonyl (C=O) groups is 1. The van der Waals surface area contributed by atoms with Gasteiger partial charge < -0.3 is 25.4 Å². The molecule has 2 aliphatic heterocycles. The molecule has 3 N–H and O–H groups in total. The summed E-state index contributed by atoms with van der Waals surface area (Å²) in [6.45, 7) is 7.26. The molecule has 6 nitrogen and oxygen atoms in total. The number of carbonyl (C=O) groups excluding carboxylic acids is 1. The molecular formula is C12H23N3O3. The van der Waals surface area contributed by atoms with Crippen LogP contribution < -0.4 is 10.6 Å². The molecule has 0 aliphatic carbocycles. The number of aliphatic hydroxyl groups excluding tert-OH is 1. The van der Waals surface area contributed by atoms with Gasteiger partial charge >= 0.3 is 0 Å². The van der Waals surface area contributed by atoms with E-state index in [9.17, 15) is 9.90 Å². The molecule has 6 heteroatoms. The molecule has 2 rings (SSSR count). The van der Waals surface area contributed by atoms with Gasteiger partial charge in [0.2, 0.25) is 5.91 Å². The van der Waals surface area contributed by atoms with Crippen LogP contribution in [0.5, 0.6) is 0 Å². The van der Waals surface area contributed by atoms with E-state index in [4.69, 9.17) is 4.74 Å². The van der Waals surface area contributed by atoms with E-state index >= 15 is 0 Å². The van der Waals surface area contributed by atoms with Crippen molar-refractivity contribution in [3.8, 4) is 0 Å². The molecule has 104 valence electrons. The number of amides is 1. The fourth-order valence-corrected chi connectivity index (χ4v) is 2.61. The van der Waals surface area contributed by atoms with Gasteiger partial charge in [-0.25, -0.2) is 0 Å². The topological polar surface area (TPSA) is 73.8 Å². The molecule has 2 saturated heterocycles. The molecule has 0 aromatic heterocycles. The first kappa shape index (κ1) is 13.7. The standard InChI is InChI=1S/C12H23N3O3/c1-12(2)8-15(6-9(7-16)18-12)11(17)10-5-13-3-4-14-10/h9-10,13-14,16H,3-8H2,1-2H3. The summed E-state index contributed by atoms with van der Waals surface area (Å²) < 4.78 is 5.71. The lowest BCUT2D eigenvalue weighted by Gasteiger charge is -2.43. The first-order valence-corrected chi connectivity index (χ1v) is 6.53. The lowest BCUT2D eigenvalue weighted by atomic mass is 10.0. The minimum Gasteiger partial charge on any atom is -0.394 e. The lowest BCUT2D eigenvalue weighted by Crippen LogP contribution is -2.62. The van der Waals surface area contributed by atoms with Crippen LogP contribution in [-0.4, -0.2) is 73.0 Å². The summed E-state index contributed by atoms with van der Waals surface area (Å²) in [4.78, 5) is 14.2. The third-order valence-corrected chi connectivity index (χ3v) is 3.34. The van der Waals surface area contributed by atoms with E-state index in [2.05, 4.69) is 10.6 Å². The Bertz CT molecular complexity index is 303. The summed E-state index contributed by atoms with van der Waals surface area (Å²) in [5.41, 5.74) is -0.399. The number of nitrogens with zero attached hydrogens (tertiary/aromatic N) is 1. The first-order chi connectivity index (χ1) is 8.52. The smallest absolute Gasteiger partial charge is 0.241 e.